The van der Waals surface area contributed by atoms with Gasteiger partial charge in [0.05, 0.1) is 7.11 Å². The van der Waals surface area contributed by atoms with Gasteiger partial charge in [-0.25, -0.2) is 4.79 Å². The Morgan fingerprint density at radius 3 is 2.95 bits per heavy atom. The molecule has 1 heterocycles. The Morgan fingerprint density at radius 1 is 1.45 bits per heavy atom. The minimum Gasteiger partial charge on any atom is -0.497 e. The first-order chi connectivity index (χ1) is 9.61. The Morgan fingerprint density at radius 2 is 2.25 bits per heavy atom. The molecule has 1 amide bonds. The SMILES string of the molecule is COc1cccc(/C=C/C(=O)N2CCC[C@H]2C(=O)O)c1. The van der Waals surface area contributed by atoms with E-state index in [1.165, 1.54) is 11.0 Å². The van der Waals surface area contributed by atoms with Crippen LogP contribution < -0.4 is 4.74 Å². The highest BCUT2D eigenvalue weighted by Crippen LogP contribution is 2.19. The number of amides is 1. The van der Waals surface area contributed by atoms with Crippen molar-refractivity contribution in [1.82, 2.24) is 4.90 Å². The summed E-state index contributed by atoms with van der Waals surface area (Å²) in [7, 11) is 1.58. The lowest BCUT2D eigenvalue weighted by Gasteiger charge is -2.19. The summed E-state index contributed by atoms with van der Waals surface area (Å²) in [4.78, 5) is 24.5. The fourth-order valence-corrected chi connectivity index (χ4v) is 2.30. The van der Waals surface area contributed by atoms with Crippen LogP contribution in [0.2, 0.25) is 0 Å². The van der Waals surface area contributed by atoms with Crippen molar-refractivity contribution < 1.29 is 19.4 Å². The Balaban J connectivity index is 2.06. The number of ether oxygens (including phenoxy) is 1. The highest BCUT2D eigenvalue weighted by atomic mass is 16.5. The van der Waals surface area contributed by atoms with Gasteiger partial charge < -0.3 is 14.7 Å². The van der Waals surface area contributed by atoms with Gasteiger partial charge in [0.25, 0.3) is 0 Å². The molecule has 1 aliphatic rings. The van der Waals surface area contributed by atoms with Crippen LogP contribution in [0.15, 0.2) is 30.3 Å². The van der Waals surface area contributed by atoms with E-state index < -0.39 is 12.0 Å². The molecule has 106 valence electrons. The van der Waals surface area contributed by atoms with E-state index in [0.717, 1.165) is 12.0 Å². The topological polar surface area (TPSA) is 66.8 Å². The second kappa shape index (κ2) is 6.23. The molecule has 1 N–H and O–H groups in total. The predicted molar refractivity (Wildman–Crippen MR) is 74.4 cm³/mol. The molecule has 0 radical (unpaired) electrons. The van der Waals surface area contributed by atoms with E-state index in [9.17, 15) is 9.59 Å². The molecule has 0 spiro atoms. The Labute approximate surface area is 117 Å². The molecule has 1 aliphatic heterocycles. The molecule has 1 fully saturated rings. The number of likely N-dealkylation sites (tertiary alicyclic amines) is 1. The van der Waals surface area contributed by atoms with Crippen molar-refractivity contribution in [3.8, 4) is 5.75 Å². The van der Waals surface area contributed by atoms with Gasteiger partial charge in [0.15, 0.2) is 0 Å². The average Bonchev–Trinajstić information content (AvgIpc) is 2.94. The van der Waals surface area contributed by atoms with Crippen LogP contribution in [0.1, 0.15) is 18.4 Å². The summed E-state index contributed by atoms with van der Waals surface area (Å²) >= 11 is 0. The third-order valence-corrected chi connectivity index (χ3v) is 3.33. The van der Waals surface area contributed by atoms with Gasteiger partial charge in [0.2, 0.25) is 5.91 Å². The summed E-state index contributed by atoms with van der Waals surface area (Å²) in [5.74, 6) is -0.493. The second-order valence-electron chi connectivity index (χ2n) is 4.64. The number of carboxylic acid groups (broad SMARTS) is 1. The largest absolute Gasteiger partial charge is 0.497 e. The third kappa shape index (κ3) is 3.17. The minimum absolute atomic E-state index is 0.266. The second-order valence-corrected chi connectivity index (χ2v) is 4.64. The molecule has 0 aliphatic carbocycles. The lowest BCUT2D eigenvalue weighted by molar-refractivity contribution is -0.146. The van der Waals surface area contributed by atoms with Crippen LogP contribution in [0, 0.1) is 0 Å². The van der Waals surface area contributed by atoms with E-state index in [1.807, 2.05) is 24.3 Å². The molecule has 20 heavy (non-hydrogen) atoms. The number of rotatable bonds is 4. The van der Waals surface area contributed by atoms with Gasteiger partial charge in [-0.2, -0.15) is 0 Å². The summed E-state index contributed by atoms with van der Waals surface area (Å²) in [5, 5.41) is 9.05. The lowest BCUT2D eigenvalue weighted by atomic mass is 10.2. The van der Waals surface area contributed by atoms with Crippen molar-refractivity contribution in [2.24, 2.45) is 0 Å². The Kier molecular flexibility index (Phi) is 4.40. The van der Waals surface area contributed by atoms with Gasteiger partial charge in [0.1, 0.15) is 11.8 Å². The summed E-state index contributed by atoms with van der Waals surface area (Å²) in [5.41, 5.74) is 0.837. The van der Waals surface area contributed by atoms with Gasteiger partial charge in [-0.3, -0.25) is 4.79 Å². The average molecular weight is 275 g/mol. The Bertz CT molecular complexity index is 538. The predicted octanol–water partition coefficient (Wildman–Crippen LogP) is 1.78. The zero-order valence-corrected chi connectivity index (χ0v) is 11.3. The number of carboxylic acids is 1. The maximum absolute atomic E-state index is 12.0. The first-order valence-corrected chi connectivity index (χ1v) is 6.47. The van der Waals surface area contributed by atoms with E-state index in [4.69, 9.17) is 9.84 Å². The minimum atomic E-state index is -0.939. The molecule has 1 saturated heterocycles. The quantitative estimate of drug-likeness (QED) is 0.851. The molecule has 1 aromatic carbocycles. The number of benzene rings is 1. The summed E-state index contributed by atoms with van der Waals surface area (Å²) in [6, 6.07) is 6.62. The summed E-state index contributed by atoms with van der Waals surface area (Å²) in [6.07, 6.45) is 4.34. The standard InChI is InChI=1S/C15H17NO4/c1-20-12-5-2-4-11(10-12)7-8-14(17)16-9-3-6-13(16)15(18)19/h2,4-5,7-8,10,13H,3,6,9H2,1H3,(H,18,19)/b8-7+/t13-/m0/s1. The summed E-state index contributed by atoms with van der Waals surface area (Å²) < 4.78 is 5.10. The van der Waals surface area contributed by atoms with Gasteiger partial charge in [-0.05, 0) is 36.6 Å². The molecule has 2 rings (SSSR count). The van der Waals surface area contributed by atoms with Crippen LogP contribution in [0.25, 0.3) is 6.08 Å². The molecule has 5 nitrogen and oxygen atoms in total. The van der Waals surface area contributed by atoms with Crippen molar-refractivity contribution >= 4 is 18.0 Å². The van der Waals surface area contributed by atoms with E-state index in [1.54, 1.807) is 13.2 Å². The molecular formula is C15H17NO4. The van der Waals surface area contributed by atoms with Crippen LogP contribution in [0.5, 0.6) is 5.75 Å². The zero-order valence-electron chi connectivity index (χ0n) is 11.3. The highest BCUT2D eigenvalue weighted by molar-refractivity contribution is 5.94. The third-order valence-electron chi connectivity index (χ3n) is 3.33. The van der Waals surface area contributed by atoms with Gasteiger partial charge >= 0.3 is 5.97 Å². The molecule has 0 aromatic heterocycles. The fraction of sp³-hybridized carbons (Fsp3) is 0.333. The number of carbonyl (C=O) groups excluding carboxylic acids is 1. The van der Waals surface area contributed by atoms with E-state index in [0.29, 0.717) is 18.7 Å². The van der Waals surface area contributed by atoms with E-state index in [2.05, 4.69) is 0 Å². The van der Waals surface area contributed by atoms with Crippen molar-refractivity contribution in [3.05, 3.63) is 35.9 Å². The van der Waals surface area contributed by atoms with Crippen molar-refractivity contribution in [2.75, 3.05) is 13.7 Å². The van der Waals surface area contributed by atoms with E-state index >= 15 is 0 Å². The van der Waals surface area contributed by atoms with Crippen LogP contribution in [-0.2, 0) is 9.59 Å². The molecule has 0 bridgehead atoms. The van der Waals surface area contributed by atoms with Crippen LogP contribution in [-0.4, -0.2) is 41.6 Å². The highest BCUT2D eigenvalue weighted by Gasteiger charge is 2.32. The monoisotopic (exact) mass is 275 g/mol. The molecule has 0 unspecified atom stereocenters. The van der Waals surface area contributed by atoms with Crippen LogP contribution >= 0.6 is 0 Å². The molecule has 5 heteroatoms. The van der Waals surface area contributed by atoms with Gasteiger partial charge in [-0.1, -0.05) is 12.1 Å². The van der Waals surface area contributed by atoms with E-state index in [-0.39, 0.29) is 5.91 Å². The number of carbonyl (C=O) groups is 2. The molecule has 1 atom stereocenters. The maximum atomic E-state index is 12.0. The molecule has 1 aromatic rings. The van der Waals surface area contributed by atoms with Gasteiger partial charge in [0, 0.05) is 12.6 Å². The van der Waals surface area contributed by atoms with Gasteiger partial charge in [-0.15, -0.1) is 0 Å². The number of nitrogens with zero attached hydrogens (tertiary/aromatic N) is 1. The fourth-order valence-electron chi connectivity index (χ4n) is 2.30. The number of methoxy groups -OCH3 is 1. The van der Waals surface area contributed by atoms with Crippen molar-refractivity contribution in [2.45, 2.75) is 18.9 Å². The number of aliphatic carboxylic acids is 1. The summed E-state index contributed by atoms with van der Waals surface area (Å²) in [6.45, 7) is 0.498. The molecule has 0 saturated carbocycles. The number of hydrogen-bond donors (Lipinski definition) is 1. The maximum Gasteiger partial charge on any atom is 0.326 e. The smallest absolute Gasteiger partial charge is 0.326 e. The van der Waals surface area contributed by atoms with Crippen LogP contribution in [0.4, 0.5) is 0 Å². The van der Waals surface area contributed by atoms with Crippen molar-refractivity contribution in [1.29, 1.82) is 0 Å². The Hall–Kier alpha value is -2.30. The normalized spacial score (nSPS) is 18.4. The molecular weight excluding hydrogens is 258 g/mol. The van der Waals surface area contributed by atoms with Crippen LogP contribution in [0.3, 0.4) is 0 Å². The van der Waals surface area contributed by atoms with Crippen molar-refractivity contribution in [3.63, 3.8) is 0 Å². The number of hydrogen-bond acceptors (Lipinski definition) is 3. The first kappa shape index (κ1) is 14.1. The zero-order chi connectivity index (χ0) is 14.5. The lowest BCUT2D eigenvalue weighted by Crippen LogP contribution is -2.39. The first-order valence-electron chi connectivity index (χ1n) is 6.47.